The van der Waals surface area contributed by atoms with Crippen LogP contribution in [0.1, 0.15) is 12.8 Å². The summed E-state index contributed by atoms with van der Waals surface area (Å²) < 4.78 is 10.9. The highest BCUT2D eigenvalue weighted by Gasteiger charge is 2.79. The van der Waals surface area contributed by atoms with Gasteiger partial charge in [-0.3, -0.25) is 0 Å². The van der Waals surface area contributed by atoms with Crippen molar-refractivity contribution in [2.75, 3.05) is 14.2 Å². The molecule has 4 rings (SSSR count). The first-order valence-corrected chi connectivity index (χ1v) is 6.55. The number of fused-ring (bicyclic) bond motifs is 1. The normalized spacial score (nSPS) is 43.5. The topological polar surface area (TPSA) is 104 Å². The number of hydrogen-bond acceptors (Lipinski definition) is 6. The zero-order chi connectivity index (χ0) is 14.6. The number of allylic oxidation sites excluding steroid dienone is 2. The van der Waals surface area contributed by atoms with Crippen LogP contribution in [0.2, 0.25) is 0 Å². The van der Waals surface area contributed by atoms with Gasteiger partial charge in [0.25, 0.3) is 5.91 Å². The first-order chi connectivity index (χ1) is 9.58. The van der Waals surface area contributed by atoms with Gasteiger partial charge < -0.3 is 15.2 Å². The summed E-state index contributed by atoms with van der Waals surface area (Å²) in [5.74, 6) is -1.67. The van der Waals surface area contributed by atoms with E-state index in [1.54, 1.807) is 0 Å². The quantitative estimate of drug-likeness (QED) is 0.594. The van der Waals surface area contributed by atoms with E-state index in [-0.39, 0.29) is 17.7 Å². The fourth-order valence-corrected chi connectivity index (χ4v) is 4.30. The molecule has 6 heteroatoms. The molecule has 2 N–H and O–H groups in total. The van der Waals surface area contributed by atoms with E-state index in [1.807, 2.05) is 12.2 Å². The molecule has 1 aliphatic heterocycles. The number of rotatable bonds is 2. The summed E-state index contributed by atoms with van der Waals surface area (Å²) in [6.07, 6.45) is 5.58. The molecule has 0 radical (unpaired) electrons. The number of nitriles is 2. The van der Waals surface area contributed by atoms with E-state index >= 15 is 0 Å². The molecule has 0 spiro atoms. The Morgan fingerprint density at radius 3 is 2.25 bits per heavy atom. The minimum Gasteiger partial charge on any atom is -0.386 e. The van der Waals surface area contributed by atoms with E-state index in [2.05, 4.69) is 17.1 Å². The highest BCUT2D eigenvalue weighted by Crippen LogP contribution is 2.68. The lowest BCUT2D eigenvalue weighted by atomic mass is 9.45. The molecule has 104 valence electrons. The Morgan fingerprint density at radius 1 is 1.20 bits per heavy atom. The summed E-state index contributed by atoms with van der Waals surface area (Å²) in [5, 5.41) is 19.8. The Morgan fingerprint density at radius 2 is 1.80 bits per heavy atom. The Kier molecular flexibility index (Phi) is 2.50. The summed E-state index contributed by atoms with van der Waals surface area (Å²) in [6.45, 7) is 0. The minimum absolute atomic E-state index is 0.131. The van der Waals surface area contributed by atoms with E-state index in [0.29, 0.717) is 0 Å². The average Bonchev–Trinajstić information content (AvgIpc) is 2.76. The predicted octanol–water partition coefficient (Wildman–Crippen LogP) is 0.920. The van der Waals surface area contributed by atoms with Crippen LogP contribution in [0.3, 0.4) is 0 Å². The number of aliphatic imine (C=N–C) groups is 1. The van der Waals surface area contributed by atoms with Gasteiger partial charge in [-0.05, 0) is 12.8 Å². The van der Waals surface area contributed by atoms with Crippen LogP contribution in [0.25, 0.3) is 0 Å². The van der Waals surface area contributed by atoms with Crippen LogP contribution in [0.4, 0.5) is 0 Å². The molecule has 1 heterocycles. The first kappa shape index (κ1) is 13.1. The fourth-order valence-electron chi connectivity index (χ4n) is 4.30. The third-order valence-corrected chi connectivity index (χ3v) is 5.17. The third kappa shape index (κ3) is 0.985. The lowest BCUT2D eigenvalue weighted by Crippen LogP contribution is -2.65. The van der Waals surface area contributed by atoms with Crippen molar-refractivity contribution < 1.29 is 9.47 Å². The van der Waals surface area contributed by atoms with Crippen molar-refractivity contribution in [3.63, 3.8) is 0 Å². The zero-order valence-electron chi connectivity index (χ0n) is 11.5. The lowest BCUT2D eigenvalue weighted by Gasteiger charge is -2.55. The summed E-state index contributed by atoms with van der Waals surface area (Å²) in [5.41, 5.74) is 3.68. The standard InChI is InChI=1S/C14H16N4O2/c1-19-14(20-2)13(8-16)10-5-3-9(4-6-10)12(13,7-15)11(17)18-14/h3,5,9-10H,4,6H2,1-2H3,(H2,17,18)/t9-,10-,12-,13-/m1/s1. The van der Waals surface area contributed by atoms with Crippen LogP contribution in [0.15, 0.2) is 17.1 Å². The molecule has 6 nitrogen and oxygen atoms in total. The molecule has 0 saturated heterocycles. The summed E-state index contributed by atoms with van der Waals surface area (Å²) in [4.78, 5) is 4.29. The van der Waals surface area contributed by atoms with Gasteiger partial charge in [-0.25, -0.2) is 4.99 Å². The van der Waals surface area contributed by atoms with Gasteiger partial charge in [0.2, 0.25) is 0 Å². The van der Waals surface area contributed by atoms with Crippen LogP contribution in [0, 0.1) is 45.3 Å². The number of ether oxygens (including phenoxy) is 2. The molecule has 20 heavy (non-hydrogen) atoms. The van der Waals surface area contributed by atoms with Crippen LogP contribution >= 0.6 is 0 Å². The van der Waals surface area contributed by atoms with Crippen LogP contribution in [0.5, 0.6) is 0 Å². The van der Waals surface area contributed by atoms with Gasteiger partial charge in [0, 0.05) is 26.1 Å². The maximum atomic E-state index is 9.96. The molecule has 0 aromatic heterocycles. The van der Waals surface area contributed by atoms with Crippen molar-refractivity contribution in [3.05, 3.63) is 12.2 Å². The van der Waals surface area contributed by atoms with Crippen molar-refractivity contribution in [2.45, 2.75) is 18.8 Å². The smallest absolute Gasteiger partial charge is 0.292 e. The molecule has 0 aromatic rings. The van der Waals surface area contributed by atoms with E-state index in [4.69, 9.17) is 15.2 Å². The molecule has 4 atom stereocenters. The Labute approximate surface area is 117 Å². The molecule has 3 aliphatic carbocycles. The highest BCUT2D eigenvalue weighted by molar-refractivity contribution is 5.94. The molecule has 0 unspecified atom stereocenters. The second-order valence-corrected chi connectivity index (χ2v) is 5.50. The molecule has 0 amide bonds. The van der Waals surface area contributed by atoms with Crippen molar-refractivity contribution in [2.24, 2.45) is 33.4 Å². The van der Waals surface area contributed by atoms with Crippen LogP contribution in [-0.4, -0.2) is 26.0 Å². The number of nitrogens with two attached hydrogens (primary N) is 1. The van der Waals surface area contributed by atoms with E-state index in [1.165, 1.54) is 14.2 Å². The van der Waals surface area contributed by atoms with Crippen molar-refractivity contribution >= 4 is 5.84 Å². The second-order valence-electron chi connectivity index (χ2n) is 5.50. The summed E-state index contributed by atoms with van der Waals surface area (Å²) in [7, 11) is 2.86. The Bertz CT molecular complexity index is 595. The number of methoxy groups -OCH3 is 2. The van der Waals surface area contributed by atoms with Crippen LogP contribution < -0.4 is 5.73 Å². The number of nitrogens with zero attached hydrogens (tertiary/aromatic N) is 3. The lowest BCUT2D eigenvalue weighted by molar-refractivity contribution is -0.280. The van der Waals surface area contributed by atoms with Gasteiger partial charge in [-0.1, -0.05) is 12.2 Å². The monoisotopic (exact) mass is 272 g/mol. The average molecular weight is 272 g/mol. The summed E-state index contributed by atoms with van der Waals surface area (Å²) >= 11 is 0. The van der Waals surface area contributed by atoms with E-state index in [9.17, 15) is 10.5 Å². The largest absolute Gasteiger partial charge is 0.386 e. The van der Waals surface area contributed by atoms with Gasteiger partial charge in [-0.15, -0.1) is 0 Å². The highest BCUT2D eigenvalue weighted by atomic mass is 16.7. The SMILES string of the molecule is COC1(OC)N=C(N)[C@@]2(C#N)[C@@H]3C=C[C@H](CC3)[C@@]12C#N. The molecule has 1 saturated carbocycles. The van der Waals surface area contributed by atoms with Crippen molar-refractivity contribution in [3.8, 4) is 12.1 Å². The van der Waals surface area contributed by atoms with Gasteiger partial charge in [0.1, 0.15) is 11.3 Å². The fraction of sp³-hybridized carbons (Fsp3) is 0.643. The van der Waals surface area contributed by atoms with E-state index in [0.717, 1.165) is 12.8 Å². The van der Waals surface area contributed by atoms with Gasteiger partial charge in [-0.2, -0.15) is 10.5 Å². The third-order valence-electron chi connectivity index (χ3n) is 5.17. The molecule has 2 bridgehead atoms. The molecule has 1 fully saturated rings. The van der Waals surface area contributed by atoms with Crippen LogP contribution in [-0.2, 0) is 9.47 Å². The second kappa shape index (κ2) is 3.82. The van der Waals surface area contributed by atoms with Gasteiger partial charge in [0.05, 0.1) is 12.1 Å². The Hall–Kier alpha value is -1.89. The Balaban J connectivity index is 2.37. The number of amidine groups is 1. The van der Waals surface area contributed by atoms with E-state index < -0.39 is 16.7 Å². The van der Waals surface area contributed by atoms with Crippen molar-refractivity contribution in [1.82, 2.24) is 0 Å². The van der Waals surface area contributed by atoms with Gasteiger partial charge in [0.15, 0.2) is 5.41 Å². The zero-order valence-corrected chi connectivity index (χ0v) is 11.5. The maximum absolute atomic E-state index is 9.96. The molecular weight excluding hydrogens is 256 g/mol. The number of hydrogen-bond donors (Lipinski definition) is 1. The molecule has 0 aromatic carbocycles. The molecule has 4 aliphatic rings. The van der Waals surface area contributed by atoms with Gasteiger partial charge >= 0.3 is 0 Å². The molecular formula is C14H16N4O2. The summed E-state index contributed by atoms with van der Waals surface area (Å²) in [6, 6.07) is 4.59. The first-order valence-electron chi connectivity index (χ1n) is 6.55. The van der Waals surface area contributed by atoms with Crippen molar-refractivity contribution in [1.29, 1.82) is 10.5 Å². The minimum atomic E-state index is -1.52. The predicted molar refractivity (Wildman–Crippen MR) is 69.8 cm³/mol. The maximum Gasteiger partial charge on any atom is 0.292 e.